The van der Waals surface area contributed by atoms with Gasteiger partial charge in [-0.2, -0.15) is 0 Å². The summed E-state index contributed by atoms with van der Waals surface area (Å²) in [4.78, 5) is 21.6. The second-order valence-electron chi connectivity index (χ2n) is 7.21. The lowest BCUT2D eigenvalue weighted by Gasteiger charge is -2.33. The number of hydrogen-bond acceptors (Lipinski definition) is 5. The fraction of sp³-hybridized carbons (Fsp3) is 0.333. The average molecular weight is 379 g/mol. The molecule has 146 valence electrons. The fourth-order valence-corrected chi connectivity index (χ4v) is 3.41. The monoisotopic (exact) mass is 379 g/mol. The Hall–Kier alpha value is -3.06. The van der Waals surface area contributed by atoms with Gasteiger partial charge in [-0.1, -0.05) is 0 Å². The zero-order chi connectivity index (χ0) is 19.5. The van der Waals surface area contributed by atoms with Crippen molar-refractivity contribution in [3.05, 3.63) is 54.0 Å². The molecule has 0 radical (unpaired) electrons. The van der Waals surface area contributed by atoms with Gasteiger partial charge in [-0.25, -0.2) is 9.78 Å². The van der Waals surface area contributed by atoms with Crippen LogP contribution in [0.15, 0.2) is 47.1 Å². The number of pyridine rings is 1. The van der Waals surface area contributed by atoms with E-state index in [0.29, 0.717) is 12.3 Å². The lowest BCUT2D eigenvalue weighted by molar-refractivity contribution is 0.251. The lowest BCUT2D eigenvalue weighted by Crippen LogP contribution is -2.44. The molecule has 1 aliphatic heterocycles. The predicted octanol–water partition coefficient (Wildman–Crippen LogP) is 3.21. The number of aromatic nitrogens is 1. The molecule has 0 aliphatic carbocycles. The van der Waals surface area contributed by atoms with Crippen molar-refractivity contribution in [3.8, 4) is 0 Å². The molecule has 28 heavy (non-hydrogen) atoms. The first-order valence-corrected chi connectivity index (χ1v) is 9.50. The van der Waals surface area contributed by atoms with E-state index < -0.39 is 0 Å². The summed E-state index contributed by atoms with van der Waals surface area (Å²) >= 11 is 0. The van der Waals surface area contributed by atoms with Gasteiger partial charge in [0.15, 0.2) is 0 Å². The summed E-state index contributed by atoms with van der Waals surface area (Å²) < 4.78 is 5.22. The first-order valence-electron chi connectivity index (χ1n) is 9.50. The van der Waals surface area contributed by atoms with Crippen molar-refractivity contribution in [2.24, 2.45) is 0 Å². The highest BCUT2D eigenvalue weighted by molar-refractivity contribution is 5.93. The van der Waals surface area contributed by atoms with Crippen molar-refractivity contribution >= 4 is 28.4 Å². The van der Waals surface area contributed by atoms with E-state index in [1.165, 1.54) is 0 Å². The predicted molar refractivity (Wildman–Crippen MR) is 111 cm³/mol. The minimum Gasteiger partial charge on any atom is -0.467 e. The number of carbonyl (C=O) groups excluding carboxylic acids is 1. The number of likely N-dealkylation sites (N-methyl/N-ethyl adjacent to an activating group) is 1. The summed E-state index contributed by atoms with van der Waals surface area (Å²) in [5.41, 5.74) is 2.83. The van der Waals surface area contributed by atoms with Crippen molar-refractivity contribution in [2.75, 3.05) is 43.4 Å². The Labute approximate surface area is 164 Å². The minimum absolute atomic E-state index is 0.268. The van der Waals surface area contributed by atoms with Crippen LogP contribution in [0.1, 0.15) is 11.3 Å². The number of urea groups is 1. The van der Waals surface area contributed by atoms with Crippen molar-refractivity contribution in [1.29, 1.82) is 0 Å². The van der Waals surface area contributed by atoms with Crippen LogP contribution in [0, 0.1) is 6.92 Å². The molecule has 0 saturated carbocycles. The van der Waals surface area contributed by atoms with Gasteiger partial charge in [0.25, 0.3) is 0 Å². The van der Waals surface area contributed by atoms with Crippen LogP contribution in [-0.2, 0) is 6.54 Å². The van der Waals surface area contributed by atoms with Gasteiger partial charge in [-0.15, -0.1) is 0 Å². The van der Waals surface area contributed by atoms with Crippen LogP contribution < -0.4 is 15.5 Å². The van der Waals surface area contributed by atoms with Crippen molar-refractivity contribution < 1.29 is 9.21 Å². The molecular weight excluding hydrogens is 354 g/mol. The number of benzene rings is 1. The van der Waals surface area contributed by atoms with Gasteiger partial charge in [0.05, 0.1) is 18.3 Å². The molecule has 1 aliphatic rings. The molecule has 7 nitrogen and oxygen atoms in total. The third kappa shape index (κ3) is 4.09. The maximum Gasteiger partial charge on any atom is 0.319 e. The quantitative estimate of drug-likeness (QED) is 0.728. The number of piperazine rings is 1. The lowest BCUT2D eigenvalue weighted by atomic mass is 10.1. The normalized spacial score (nSPS) is 15.0. The van der Waals surface area contributed by atoms with E-state index in [1.54, 1.807) is 12.3 Å². The van der Waals surface area contributed by atoms with E-state index in [1.807, 2.05) is 24.3 Å². The molecule has 1 saturated heterocycles. The molecule has 0 spiro atoms. The molecule has 0 unspecified atom stereocenters. The highest BCUT2D eigenvalue weighted by Gasteiger charge is 2.16. The van der Waals surface area contributed by atoms with Gasteiger partial charge >= 0.3 is 6.03 Å². The highest BCUT2D eigenvalue weighted by Crippen LogP contribution is 2.26. The maximum atomic E-state index is 12.1. The smallest absolute Gasteiger partial charge is 0.319 e. The molecule has 2 N–H and O–H groups in total. The van der Waals surface area contributed by atoms with Gasteiger partial charge in [0.1, 0.15) is 11.6 Å². The van der Waals surface area contributed by atoms with Crippen LogP contribution in [0.4, 0.5) is 16.3 Å². The number of nitrogens with one attached hydrogen (secondary N) is 2. The fourth-order valence-electron chi connectivity index (χ4n) is 3.41. The Bertz CT molecular complexity index is 962. The van der Waals surface area contributed by atoms with Crippen molar-refractivity contribution in [1.82, 2.24) is 15.2 Å². The number of hydrogen-bond donors (Lipinski definition) is 2. The summed E-state index contributed by atoms with van der Waals surface area (Å²) in [5, 5.41) is 6.70. The first-order chi connectivity index (χ1) is 13.6. The number of carbonyl (C=O) groups is 1. The molecule has 3 heterocycles. The van der Waals surface area contributed by atoms with Crippen LogP contribution in [0.3, 0.4) is 0 Å². The van der Waals surface area contributed by atoms with Crippen LogP contribution in [0.5, 0.6) is 0 Å². The van der Waals surface area contributed by atoms with Gasteiger partial charge < -0.3 is 24.9 Å². The number of rotatable bonds is 4. The Morgan fingerprint density at radius 3 is 2.75 bits per heavy atom. The number of amides is 2. The third-order valence-corrected chi connectivity index (χ3v) is 5.09. The SMILES string of the molecule is Cc1cc(N2CCN(C)CC2)nc2ccc(NC(=O)NCc3ccco3)cc12. The van der Waals surface area contributed by atoms with Crippen molar-refractivity contribution in [2.45, 2.75) is 13.5 Å². The standard InChI is InChI=1S/C21H25N5O2/c1-15-12-20(26-9-7-25(2)8-10-26)24-19-6-5-16(13-18(15)19)23-21(27)22-14-17-4-3-11-28-17/h3-6,11-13H,7-10,14H2,1-2H3,(H2,22,23,27). The molecule has 1 fully saturated rings. The third-order valence-electron chi connectivity index (χ3n) is 5.09. The van der Waals surface area contributed by atoms with E-state index >= 15 is 0 Å². The summed E-state index contributed by atoms with van der Waals surface area (Å²) in [6.45, 7) is 6.52. The maximum absolute atomic E-state index is 12.1. The number of furan rings is 1. The van der Waals surface area contributed by atoms with Gasteiger partial charge in [0.2, 0.25) is 0 Å². The second-order valence-corrected chi connectivity index (χ2v) is 7.21. The van der Waals surface area contributed by atoms with E-state index in [0.717, 1.165) is 54.2 Å². The van der Waals surface area contributed by atoms with Gasteiger partial charge in [-0.3, -0.25) is 0 Å². The van der Waals surface area contributed by atoms with Crippen LogP contribution in [-0.4, -0.2) is 49.1 Å². The average Bonchev–Trinajstić information content (AvgIpc) is 3.21. The molecular formula is C21H25N5O2. The molecule has 1 aromatic carbocycles. The van der Waals surface area contributed by atoms with E-state index in [-0.39, 0.29) is 6.03 Å². The first kappa shape index (κ1) is 18.3. The zero-order valence-electron chi connectivity index (χ0n) is 16.2. The molecule has 0 atom stereocenters. The second kappa shape index (κ2) is 7.90. The topological polar surface area (TPSA) is 73.6 Å². The van der Waals surface area contributed by atoms with E-state index in [9.17, 15) is 4.79 Å². The van der Waals surface area contributed by atoms with E-state index in [2.05, 4.69) is 40.5 Å². The summed E-state index contributed by atoms with van der Waals surface area (Å²) in [6, 6.07) is 11.3. The highest BCUT2D eigenvalue weighted by atomic mass is 16.3. The van der Waals surface area contributed by atoms with E-state index in [4.69, 9.17) is 9.40 Å². The minimum atomic E-state index is -0.268. The van der Waals surface area contributed by atoms with Gasteiger partial charge in [-0.05, 0) is 55.9 Å². The number of anilines is 2. The number of fused-ring (bicyclic) bond motifs is 1. The summed E-state index contributed by atoms with van der Waals surface area (Å²) in [5.74, 6) is 1.74. The van der Waals surface area contributed by atoms with Crippen molar-refractivity contribution in [3.63, 3.8) is 0 Å². The zero-order valence-corrected chi connectivity index (χ0v) is 16.2. The van der Waals surface area contributed by atoms with Gasteiger partial charge in [0, 0.05) is 37.3 Å². The number of aryl methyl sites for hydroxylation is 1. The molecule has 0 bridgehead atoms. The molecule has 2 amide bonds. The summed E-state index contributed by atoms with van der Waals surface area (Å²) in [7, 11) is 2.15. The van der Waals surface area contributed by atoms with Crippen LogP contribution in [0.2, 0.25) is 0 Å². The Morgan fingerprint density at radius 1 is 1.18 bits per heavy atom. The number of nitrogens with zero attached hydrogens (tertiary/aromatic N) is 3. The largest absolute Gasteiger partial charge is 0.467 e. The van der Waals surface area contributed by atoms with Crippen LogP contribution >= 0.6 is 0 Å². The molecule has 3 aromatic rings. The van der Waals surface area contributed by atoms with Crippen LogP contribution in [0.25, 0.3) is 10.9 Å². The Morgan fingerprint density at radius 2 is 2.00 bits per heavy atom. The molecule has 7 heteroatoms. The molecule has 4 rings (SSSR count). The molecule has 2 aromatic heterocycles. The Balaban J connectivity index is 1.47. The summed E-state index contributed by atoms with van der Waals surface area (Å²) in [6.07, 6.45) is 1.59. The Kier molecular flexibility index (Phi) is 5.16.